The zero-order valence-corrected chi connectivity index (χ0v) is 13.7. The number of nitrogens with zero attached hydrogens (tertiary/aromatic N) is 2. The van der Waals surface area contributed by atoms with Crippen LogP contribution in [0.25, 0.3) is 10.2 Å². The first-order valence-corrected chi connectivity index (χ1v) is 8.00. The Morgan fingerprint density at radius 1 is 1.35 bits per heavy atom. The van der Waals surface area contributed by atoms with Crippen LogP contribution in [0.5, 0.6) is 0 Å². The van der Waals surface area contributed by atoms with Gasteiger partial charge in [-0.3, -0.25) is 14.3 Å². The first kappa shape index (κ1) is 15.5. The Kier molecular flexibility index (Phi) is 3.63. The van der Waals surface area contributed by atoms with Crippen LogP contribution in [0, 0.1) is 0 Å². The highest BCUT2D eigenvalue weighted by Crippen LogP contribution is 2.31. The predicted octanol–water partition coefficient (Wildman–Crippen LogP) is 2.44. The van der Waals surface area contributed by atoms with E-state index in [2.05, 4.69) is 0 Å². The van der Waals surface area contributed by atoms with Crippen molar-refractivity contribution in [2.75, 3.05) is 4.90 Å². The zero-order valence-electron chi connectivity index (χ0n) is 12.8. The zero-order chi connectivity index (χ0) is 16.9. The molecule has 1 aromatic heterocycles. The van der Waals surface area contributed by atoms with Gasteiger partial charge in [-0.05, 0) is 39.0 Å². The SMILES string of the molecule is CC1[C@H](C(=O)O)OC(=O)N1c1ccc2c(c1)sc(=O)n2C(C)C. The number of thiazole rings is 1. The second-order valence-corrected chi connectivity index (χ2v) is 6.73. The molecule has 1 aromatic carbocycles. The molecular formula is C15H16N2O5S. The summed E-state index contributed by atoms with van der Waals surface area (Å²) in [6, 6.07) is 4.62. The van der Waals surface area contributed by atoms with E-state index in [1.807, 2.05) is 13.8 Å². The minimum absolute atomic E-state index is 0.0363. The van der Waals surface area contributed by atoms with E-state index in [1.165, 1.54) is 4.90 Å². The predicted molar refractivity (Wildman–Crippen MR) is 86.3 cm³/mol. The largest absolute Gasteiger partial charge is 0.478 e. The van der Waals surface area contributed by atoms with Gasteiger partial charge in [0.05, 0.1) is 16.3 Å². The van der Waals surface area contributed by atoms with Gasteiger partial charge in [-0.1, -0.05) is 11.3 Å². The summed E-state index contributed by atoms with van der Waals surface area (Å²) in [5.74, 6) is -1.18. The van der Waals surface area contributed by atoms with Crippen molar-refractivity contribution in [3.63, 3.8) is 0 Å². The molecule has 1 aliphatic heterocycles. The molecule has 1 amide bonds. The highest BCUT2D eigenvalue weighted by atomic mass is 32.1. The van der Waals surface area contributed by atoms with Crippen LogP contribution in [0.4, 0.5) is 10.5 Å². The van der Waals surface area contributed by atoms with E-state index in [4.69, 9.17) is 9.84 Å². The van der Waals surface area contributed by atoms with Crippen molar-refractivity contribution in [2.24, 2.45) is 0 Å². The molecule has 122 valence electrons. The van der Waals surface area contributed by atoms with Gasteiger partial charge >= 0.3 is 16.9 Å². The van der Waals surface area contributed by atoms with Gasteiger partial charge in [0.1, 0.15) is 0 Å². The number of carboxylic acids is 1. The summed E-state index contributed by atoms with van der Waals surface area (Å²) >= 11 is 1.10. The number of hydrogen-bond donors (Lipinski definition) is 1. The lowest BCUT2D eigenvalue weighted by atomic mass is 10.1. The molecule has 1 N–H and O–H groups in total. The third-order valence-electron chi connectivity index (χ3n) is 3.90. The van der Waals surface area contributed by atoms with E-state index in [0.29, 0.717) is 5.69 Å². The Morgan fingerprint density at radius 3 is 2.61 bits per heavy atom. The number of ether oxygens (including phenoxy) is 1. The van der Waals surface area contributed by atoms with Gasteiger partial charge in [0.15, 0.2) is 0 Å². The van der Waals surface area contributed by atoms with Crippen LogP contribution >= 0.6 is 11.3 Å². The standard InChI is InChI=1S/C15H16N2O5S/c1-7(2)16-10-5-4-9(6-11(10)23-15(16)21)17-8(3)12(13(18)19)22-14(17)20/h4-8,12H,1-3H3,(H,18,19)/t8?,12-/m1/s1. The number of carbonyl (C=O) groups excluding carboxylic acids is 1. The minimum atomic E-state index is -1.20. The number of amides is 1. The highest BCUT2D eigenvalue weighted by Gasteiger charge is 2.44. The smallest absolute Gasteiger partial charge is 0.415 e. The topological polar surface area (TPSA) is 88.8 Å². The summed E-state index contributed by atoms with van der Waals surface area (Å²) in [5.41, 5.74) is 1.32. The highest BCUT2D eigenvalue weighted by molar-refractivity contribution is 7.16. The summed E-state index contributed by atoms with van der Waals surface area (Å²) in [4.78, 5) is 36.4. The number of hydrogen-bond acceptors (Lipinski definition) is 5. The molecule has 0 bridgehead atoms. The second kappa shape index (κ2) is 5.38. The van der Waals surface area contributed by atoms with E-state index in [-0.39, 0.29) is 10.9 Å². The number of fused-ring (bicyclic) bond motifs is 1. The molecule has 3 rings (SSSR count). The Labute approximate surface area is 135 Å². The van der Waals surface area contributed by atoms with E-state index >= 15 is 0 Å². The Bertz CT molecular complexity index is 853. The molecule has 0 radical (unpaired) electrons. The molecule has 2 atom stereocenters. The van der Waals surface area contributed by atoms with Crippen LogP contribution in [-0.4, -0.2) is 33.9 Å². The van der Waals surface area contributed by atoms with Crippen LogP contribution in [0.15, 0.2) is 23.0 Å². The Balaban J connectivity index is 2.06. The number of carboxylic acid groups (broad SMARTS) is 1. The molecular weight excluding hydrogens is 320 g/mol. The maximum Gasteiger partial charge on any atom is 0.415 e. The summed E-state index contributed by atoms with van der Waals surface area (Å²) < 4.78 is 7.35. The van der Waals surface area contributed by atoms with Crippen molar-refractivity contribution in [3.8, 4) is 0 Å². The lowest BCUT2D eigenvalue weighted by Gasteiger charge is -2.19. The van der Waals surface area contributed by atoms with Crippen molar-refractivity contribution in [1.82, 2.24) is 4.57 Å². The molecule has 7 nitrogen and oxygen atoms in total. The number of cyclic esters (lactones) is 1. The summed E-state index contributed by atoms with van der Waals surface area (Å²) in [6.07, 6.45) is -1.89. The number of benzene rings is 1. The number of aromatic nitrogens is 1. The first-order chi connectivity index (χ1) is 10.8. The van der Waals surface area contributed by atoms with Crippen LogP contribution in [0.3, 0.4) is 0 Å². The van der Waals surface area contributed by atoms with Gasteiger partial charge in [0.2, 0.25) is 6.10 Å². The summed E-state index contributed by atoms with van der Waals surface area (Å²) in [6.45, 7) is 5.48. The van der Waals surface area contributed by atoms with Crippen LogP contribution in [0.1, 0.15) is 26.8 Å². The third-order valence-corrected chi connectivity index (χ3v) is 4.82. The van der Waals surface area contributed by atoms with Gasteiger partial charge in [0.25, 0.3) is 0 Å². The summed E-state index contributed by atoms with van der Waals surface area (Å²) in [7, 11) is 0. The van der Waals surface area contributed by atoms with Gasteiger partial charge in [0, 0.05) is 11.7 Å². The van der Waals surface area contributed by atoms with Crippen molar-refractivity contribution >= 4 is 39.3 Å². The van der Waals surface area contributed by atoms with E-state index < -0.39 is 24.2 Å². The maximum atomic E-state index is 12.1. The fraction of sp³-hybridized carbons (Fsp3) is 0.400. The fourth-order valence-electron chi connectivity index (χ4n) is 2.83. The number of aliphatic carboxylic acids is 1. The van der Waals surface area contributed by atoms with Crippen LogP contribution in [-0.2, 0) is 9.53 Å². The van der Waals surface area contributed by atoms with Gasteiger partial charge in [-0.2, -0.15) is 0 Å². The monoisotopic (exact) mass is 336 g/mol. The molecule has 2 heterocycles. The number of anilines is 1. The van der Waals surface area contributed by atoms with Crippen molar-refractivity contribution in [3.05, 3.63) is 27.9 Å². The average molecular weight is 336 g/mol. The van der Waals surface area contributed by atoms with Crippen LogP contribution in [0.2, 0.25) is 0 Å². The number of rotatable bonds is 3. The van der Waals surface area contributed by atoms with Gasteiger partial charge in [-0.25, -0.2) is 9.59 Å². The van der Waals surface area contributed by atoms with E-state index in [1.54, 1.807) is 29.7 Å². The minimum Gasteiger partial charge on any atom is -0.478 e. The average Bonchev–Trinajstić information content (AvgIpc) is 2.94. The van der Waals surface area contributed by atoms with Crippen molar-refractivity contribution in [2.45, 2.75) is 39.0 Å². The molecule has 1 unspecified atom stereocenters. The quantitative estimate of drug-likeness (QED) is 0.930. The number of carbonyl (C=O) groups is 2. The first-order valence-electron chi connectivity index (χ1n) is 7.19. The fourth-order valence-corrected chi connectivity index (χ4v) is 3.87. The van der Waals surface area contributed by atoms with Crippen molar-refractivity contribution in [1.29, 1.82) is 0 Å². The van der Waals surface area contributed by atoms with Crippen LogP contribution < -0.4 is 9.77 Å². The normalized spacial score (nSPS) is 21.2. The van der Waals surface area contributed by atoms with Gasteiger partial charge < -0.3 is 9.84 Å². The Morgan fingerprint density at radius 2 is 2.04 bits per heavy atom. The molecule has 0 aliphatic carbocycles. The molecule has 0 spiro atoms. The second-order valence-electron chi connectivity index (χ2n) is 5.74. The lowest BCUT2D eigenvalue weighted by Crippen LogP contribution is -2.37. The third kappa shape index (κ3) is 2.39. The summed E-state index contributed by atoms with van der Waals surface area (Å²) in [5, 5.41) is 9.09. The molecule has 1 saturated heterocycles. The Hall–Kier alpha value is -2.35. The molecule has 8 heteroatoms. The molecule has 0 saturated carbocycles. The van der Waals surface area contributed by atoms with Crippen molar-refractivity contribution < 1.29 is 19.4 Å². The molecule has 1 aliphatic rings. The van der Waals surface area contributed by atoms with E-state index in [0.717, 1.165) is 21.6 Å². The maximum absolute atomic E-state index is 12.1. The van der Waals surface area contributed by atoms with E-state index in [9.17, 15) is 14.4 Å². The van der Waals surface area contributed by atoms with Gasteiger partial charge in [-0.15, -0.1) is 0 Å². The molecule has 1 fully saturated rings. The lowest BCUT2D eigenvalue weighted by molar-refractivity contribution is -0.145. The molecule has 23 heavy (non-hydrogen) atoms. The molecule has 2 aromatic rings.